The number of carbonyl (C=O) groups is 1. The molecule has 1 N–H and O–H groups in total. The second-order valence-corrected chi connectivity index (χ2v) is 6.87. The van der Waals surface area contributed by atoms with Crippen LogP contribution in [0.15, 0.2) is 23.1 Å². The third-order valence-corrected chi connectivity index (χ3v) is 5.31. The quantitative estimate of drug-likeness (QED) is 0.620. The highest BCUT2D eigenvalue weighted by molar-refractivity contribution is 7.99. The van der Waals surface area contributed by atoms with Crippen LogP contribution in [0.3, 0.4) is 0 Å². The first-order valence-corrected chi connectivity index (χ1v) is 8.65. The summed E-state index contributed by atoms with van der Waals surface area (Å²) in [6.07, 6.45) is 4.65. The maximum atomic E-state index is 12.1. The molecular weight excluding hydrogens is 282 g/mol. The number of nitrogens with one attached hydrogen (secondary N) is 1. The molecule has 0 aromatic heterocycles. The van der Waals surface area contributed by atoms with Crippen LogP contribution in [-0.2, 0) is 22.4 Å². The van der Waals surface area contributed by atoms with Crippen molar-refractivity contribution in [3.8, 4) is 0 Å². The lowest BCUT2D eigenvalue weighted by Gasteiger charge is -2.27. The molecule has 1 unspecified atom stereocenters. The second-order valence-electron chi connectivity index (χ2n) is 5.82. The maximum Gasteiger partial charge on any atom is 0.326 e. The van der Waals surface area contributed by atoms with E-state index in [0.29, 0.717) is 5.75 Å². The number of hydrogen-bond acceptors (Lipinski definition) is 4. The lowest BCUT2D eigenvalue weighted by molar-refractivity contribution is -0.146. The van der Waals surface area contributed by atoms with Gasteiger partial charge in [0, 0.05) is 10.6 Å². The molecule has 3 nitrogen and oxygen atoms in total. The molecule has 0 saturated carbocycles. The van der Waals surface area contributed by atoms with Crippen LogP contribution >= 0.6 is 11.8 Å². The van der Waals surface area contributed by atoms with Gasteiger partial charge in [-0.15, -0.1) is 11.8 Å². The molecule has 1 aromatic rings. The number of ether oxygens (including phenoxy) is 1. The number of benzene rings is 1. The van der Waals surface area contributed by atoms with Crippen LogP contribution in [0.1, 0.15) is 37.8 Å². The van der Waals surface area contributed by atoms with E-state index in [1.165, 1.54) is 42.4 Å². The standard InChI is InChI=1S/C17H25NO2S/c1-4-10-18-17(2,16(19)20-3)12-21-15-9-8-13-6-5-7-14(13)11-15/h8-9,11,18H,4-7,10,12H2,1-3H3. The monoisotopic (exact) mass is 307 g/mol. The van der Waals surface area contributed by atoms with Gasteiger partial charge < -0.3 is 10.1 Å². The molecule has 0 radical (unpaired) electrons. The summed E-state index contributed by atoms with van der Waals surface area (Å²) in [6, 6.07) is 6.69. The minimum absolute atomic E-state index is 0.190. The van der Waals surface area contributed by atoms with Crippen molar-refractivity contribution in [3.05, 3.63) is 29.3 Å². The highest BCUT2D eigenvalue weighted by atomic mass is 32.2. The lowest BCUT2D eigenvalue weighted by atomic mass is 10.1. The van der Waals surface area contributed by atoms with Crippen molar-refractivity contribution in [2.75, 3.05) is 19.4 Å². The molecule has 0 aliphatic heterocycles. The Morgan fingerprint density at radius 1 is 1.38 bits per heavy atom. The van der Waals surface area contributed by atoms with Crippen LogP contribution in [0.25, 0.3) is 0 Å². The Labute approximate surface area is 131 Å². The first-order chi connectivity index (χ1) is 10.1. The van der Waals surface area contributed by atoms with Gasteiger partial charge in [0.1, 0.15) is 5.54 Å². The topological polar surface area (TPSA) is 38.3 Å². The molecule has 1 aliphatic carbocycles. The van der Waals surface area contributed by atoms with Gasteiger partial charge in [-0.2, -0.15) is 0 Å². The van der Waals surface area contributed by atoms with Gasteiger partial charge in [-0.3, -0.25) is 4.79 Å². The van der Waals surface area contributed by atoms with Gasteiger partial charge in [-0.25, -0.2) is 0 Å². The van der Waals surface area contributed by atoms with Gasteiger partial charge in [-0.1, -0.05) is 13.0 Å². The fraction of sp³-hybridized carbons (Fsp3) is 0.588. The zero-order valence-electron chi connectivity index (χ0n) is 13.2. The Balaban J connectivity index is 2.02. The van der Waals surface area contributed by atoms with E-state index in [1.54, 1.807) is 11.8 Å². The molecule has 21 heavy (non-hydrogen) atoms. The first kappa shape index (κ1) is 16.4. The Morgan fingerprint density at radius 3 is 2.86 bits per heavy atom. The van der Waals surface area contributed by atoms with E-state index >= 15 is 0 Å². The van der Waals surface area contributed by atoms with Gasteiger partial charge in [0.25, 0.3) is 0 Å². The predicted octanol–water partition coefficient (Wildman–Crippen LogP) is 3.20. The largest absolute Gasteiger partial charge is 0.468 e. The Bertz CT molecular complexity index is 504. The van der Waals surface area contributed by atoms with Crippen molar-refractivity contribution in [3.63, 3.8) is 0 Å². The van der Waals surface area contributed by atoms with Crippen LogP contribution in [-0.4, -0.2) is 30.9 Å². The van der Waals surface area contributed by atoms with E-state index in [-0.39, 0.29) is 5.97 Å². The molecule has 0 bridgehead atoms. The zero-order chi connectivity index (χ0) is 15.3. The average molecular weight is 307 g/mol. The second kappa shape index (κ2) is 7.32. The number of hydrogen-bond donors (Lipinski definition) is 1. The maximum absolute atomic E-state index is 12.1. The third kappa shape index (κ3) is 4.01. The van der Waals surface area contributed by atoms with E-state index in [0.717, 1.165) is 13.0 Å². The van der Waals surface area contributed by atoms with Crippen molar-refractivity contribution in [2.24, 2.45) is 0 Å². The highest BCUT2D eigenvalue weighted by Crippen LogP contribution is 2.29. The highest BCUT2D eigenvalue weighted by Gasteiger charge is 2.33. The summed E-state index contributed by atoms with van der Waals surface area (Å²) in [5.41, 5.74) is 2.33. The fourth-order valence-electron chi connectivity index (χ4n) is 2.67. The molecular formula is C17H25NO2S. The molecule has 0 amide bonds. The normalized spacial score (nSPS) is 16.3. The van der Waals surface area contributed by atoms with Crippen LogP contribution in [0.4, 0.5) is 0 Å². The van der Waals surface area contributed by atoms with Gasteiger partial charge in [0.05, 0.1) is 7.11 Å². The summed E-state index contributed by atoms with van der Waals surface area (Å²) < 4.78 is 4.96. The van der Waals surface area contributed by atoms with Crippen LogP contribution < -0.4 is 5.32 Å². The molecule has 0 spiro atoms. The Morgan fingerprint density at radius 2 is 2.14 bits per heavy atom. The van der Waals surface area contributed by atoms with Crippen LogP contribution in [0.5, 0.6) is 0 Å². The van der Waals surface area contributed by atoms with E-state index in [1.807, 2.05) is 6.92 Å². The first-order valence-electron chi connectivity index (χ1n) is 7.67. The van der Waals surface area contributed by atoms with Crippen LogP contribution in [0.2, 0.25) is 0 Å². The van der Waals surface area contributed by atoms with Gasteiger partial charge in [0.15, 0.2) is 0 Å². The van der Waals surface area contributed by atoms with Gasteiger partial charge >= 0.3 is 5.97 Å². The Kier molecular flexibility index (Phi) is 5.71. The molecule has 1 aromatic carbocycles. The van der Waals surface area contributed by atoms with E-state index in [9.17, 15) is 4.79 Å². The zero-order valence-corrected chi connectivity index (χ0v) is 14.0. The number of fused-ring (bicyclic) bond motifs is 1. The van der Waals surface area contributed by atoms with Gasteiger partial charge in [0.2, 0.25) is 0 Å². The number of esters is 1. The summed E-state index contributed by atoms with van der Waals surface area (Å²) in [6.45, 7) is 4.84. The van der Waals surface area contributed by atoms with Crippen molar-refractivity contribution < 1.29 is 9.53 Å². The van der Waals surface area contributed by atoms with Crippen molar-refractivity contribution in [1.29, 1.82) is 0 Å². The number of methoxy groups -OCH3 is 1. The fourth-order valence-corrected chi connectivity index (χ4v) is 3.74. The molecule has 116 valence electrons. The smallest absolute Gasteiger partial charge is 0.326 e. The molecule has 0 fully saturated rings. The summed E-state index contributed by atoms with van der Waals surface area (Å²) in [7, 11) is 1.45. The molecule has 2 rings (SSSR count). The third-order valence-electron chi connectivity index (χ3n) is 4.00. The Hall–Kier alpha value is -1.00. The van der Waals surface area contributed by atoms with Crippen molar-refractivity contribution in [2.45, 2.75) is 50.0 Å². The van der Waals surface area contributed by atoms with Crippen molar-refractivity contribution >= 4 is 17.7 Å². The summed E-state index contributed by atoms with van der Waals surface area (Å²) in [5, 5.41) is 3.32. The molecule has 0 heterocycles. The number of carbonyl (C=O) groups excluding carboxylic acids is 1. The average Bonchev–Trinajstić information content (AvgIpc) is 2.97. The SMILES string of the molecule is CCCNC(C)(CSc1ccc2c(c1)CCC2)C(=O)OC. The number of aryl methyl sites for hydroxylation is 2. The van der Waals surface area contributed by atoms with Gasteiger partial charge in [-0.05, 0) is 62.4 Å². The molecule has 4 heteroatoms. The molecule has 0 saturated heterocycles. The van der Waals surface area contributed by atoms with Crippen molar-refractivity contribution in [1.82, 2.24) is 5.32 Å². The minimum atomic E-state index is -0.631. The molecule has 1 atom stereocenters. The van der Waals surface area contributed by atoms with Crippen LogP contribution in [0, 0.1) is 0 Å². The van der Waals surface area contributed by atoms with E-state index in [4.69, 9.17) is 4.74 Å². The summed E-state index contributed by atoms with van der Waals surface area (Å²) >= 11 is 1.72. The molecule has 1 aliphatic rings. The van der Waals surface area contributed by atoms with E-state index in [2.05, 4.69) is 30.4 Å². The van der Waals surface area contributed by atoms with E-state index < -0.39 is 5.54 Å². The lowest BCUT2D eigenvalue weighted by Crippen LogP contribution is -2.52. The predicted molar refractivity (Wildman–Crippen MR) is 87.9 cm³/mol. The minimum Gasteiger partial charge on any atom is -0.468 e. The summed E-state index contributed by atoms with van der Waals surface area (Å²) in [5.74, 6) is 0.489. The number of thioether (sulfide) groups is 1. The number of rotatable bonds is 7. The summed E-state index contributed by atoms with van der Waals surface area (Å²) in [4.78, 5) is 13.3.